The molecule has 2 aliphatic rings. The minimum absolute atomic E-state index is 0.000749. The third kappa shape index (κ3) is 5.96. The van der Waals surface area contributed by atoms with Gasteiger partial charge in [-0.1, -0.05) is 12.8 Å². The van der Waals surface area contributed by atoms with Crippen molar-refractivity contribution in [3.05, 3.63) is 29.4 Å². The number of carbonyl (C=O) groups excluding carboxylic acids is 2. The Morgan fingerprint density at radius 3 is 2.71 bits per heavy atom. The summed E-state index contributed by atoms with van der Waals surface area (Å²) < 4.78 is 12.3. The smallest absolute Gasteiger partial charge is 0.261 e. The van der Waals surface area contributed by atoms with Crippen LogP contribution in [0, 0.1) is 11.8 Å². The van der Waals surface area contributed by atoms with E-state index in [4.69, 9.17) is 9.47 Å². The van der Waals surface area contributed by atoms with Crippen LogP contribution < -0.4 is 5.32 Å². The zero-order chi connectivity index (χ0) is 23.9. The molecule has 1 N–H and O–H groups in total. The van der Waals surface area contributed by atoms with Crippen molar-refractivity contribution in [1.29, 1.82) is 0 Å². The van der Waals surface area contributed by atoms with Crippen molar-refractivity contribution in [2.24, 2.45) is 11.8 Å². The molecule has 2 aromatic rings. The summed E-state index contributed by atoms with van der Waals surface area (Å²) in [5, 5.41) is 4.11. The molecule has 0 radical (unpaired) electrons. The first-order valence-corrected chi connectivity index (χ1v) is 13.4. The van der Waals surface area contributed by atoms with E-state index in [1.165, 1.54) is 11.3 Å². The molecule has 0 spiro atoms. The average Bonchev–Trinajstić information content (AvgIpc) is 3.32. The second kappa shape index (κ2) is 12.1. The Balaban J connectivity index is 1.13. The Bertz CT molecular complexity index is 923. The summed E-state index contributed by atoms with van der Waals surface area (Å²) >= 11 is 1.49. The molecule has 2 amide bonds. The van der Waals surface area contributed by atoms with Crippen molar-refractivity contribution in [2.45, 2.75) is 63.6 Å². The van der Waals surface area contributed by atoms with Gasteiger partial charge < -0.3 is 19.7 Å². The molecule has 2 aromatic heterocycles. The number of nitrogens with zero attached hydrogens (tertiary/aromatic N) is 2. The second-order valence-electron chi connectivity index (χ2n) is 9.56. The van der Waals surface area contributed by atoms with Crippen LogP contribution in [-0.4, -0.2) is 67.8 Å². The van der Waals surface area contributed by atoms with Gasteiger partial charge in [-0.25, -0.2) is 0 Å². The molecule has 1 aliphatic heterocycles. The van der Waals surface area contributed by atoms with E-state index in [9.17, 15) is 9.59 Å². The molecule has 7 nitrogen and oxygen atoms in total. The Morgan fingerprint density at radius 1 is 1.15 bits per heavy atom. The van der Waals surface area contributed by atoms with Crippen molar-refractivity contribution in [3.63, 3.8) is 0 Å². The number of hydrogen-bond acceptors (Lipinski definition) is 6. The van der Waals surface area contributed by atoms with Crippen LogP contribution in [0.1, 0.15) is 61.0 Å². The number of carbonyl (C=O) groups is 2. The fourth-order valence-electron chi connectivity index (χ4n) is 5.48. The van der Waals surface area contributed by atoms with Gasteiger partial charge in [0.05, 0.1) is 27.7 Å². The van der Waals surface area contributed by atoms with E-state index in [0.717, 1.165) is 79.4 Å². The molecule has 34 heavy (non-hydrogen) atoms. The molecule has 3 atom stereocenters. The zero-order valence-electron chi connectivity index (χ0n) is 20.3. The first-order chi connectivity index (χ1) is 16.6. The van der Waals surface area contributed by atoms with Crippen LogP contribution in [-0.2, 0) is 14.3 Å². The van der Waals surface area contributed by atoms with Gasteiger partial charge >= 0.3 is 0 Å². The molecule has 0 aromatic carbocycles. The molecular weight excluding hydrogens is 450 g/mol. The Hall–Kier alpha value is -2.03. The number of pyridine rings is 1. The van der Waals surface area contributed by atoms with Crippen LogP contribution in [0.15, 0.2) is 24.5 Å². The lowest BCUT2D eigenvalue weighted by Gasteiger charge is -2.40. The number of amides is 2. The van der Waals surface area contributed by atoms with Gasteiger partial charge in [-0.15, -0.1) is 11.3 Å². The minimum Gasteiger partial charge on any atom is -0.379 e. The third-order valence-corrected chi connectivity index (χ3v) is 8.54. The maximum atomic E-state index is 13.2. The molecule has 2 fully saturated rings. The van der Waals surface area contributed by atoms with Gasteiger partial charge in [-0.2, -0.15) is 0 Å². The number of methoxy groups -OCH3 is 2. The van der Waals surface area contributed by atoms with Crippen LogP contribution in [0.5, 0.6) is 0 Å². The van der Waals surface area contributed by atoms with Gasteiger partial charge in [-0.05, 0) is 62.0 Å². The van der Waals surface area contributed by atoms with Crippen molar-refractivity contribution in [3.8, 4) is 0 Å². The second-order valence-corrected chi connectivity index (χ2v) is 10.6. The minimum atomic E-state index is -0.136. The fraction of sp³-hybridized carbons (Fsp3) is 0.654. The predicted octanol–water partition coefficient (Wildman–Crippen LogP) is 4.27. The highest BCUT2D eigenvalue weighted by Gasteiger charge is 2.40. The third-order valence-electron chi connectivity index (χ3n) is 7.46. The number of ether oxygens (including phenoxy) is 2. The predicted molar refractivity (Wildman–Crippen MR) is 134 cm³/mol. The number of thiophene rings is 1. The quantitative estimate of drug-likeness (QED) is 0.535. The molecule has 1 saturated heterocycles. The Labute approximate surface area is 206 Å². The molecule has 1 saturated carbocycles. The summed E-state index contributed by atoms with van der Waals surface area (Å²) in [6.45, 7) is 2.38. The average molecular weight is 488 g/mol. The summed E-state index contributed by atoms with van der Waals surface area (Å²) in [5.74, 6) is 0.819. The largest absolute Gasteiger partial charge is 0.379 e. The topological polar surface area (TPSA) is 80.8 Å². The van der Waals surface area contributed by atoms with Crippen LogP contribution >= 0.6 is 11.3 Å². The first kappa shape index (κ1) is 25.1. The van der Waals surface area contributed by atoms with E-state index in [2.05, 4.69) is 10.3 Å². The normalized spacial score (nSPS) is 23.8. The van der Waals surface area contributed by atoms with Crippen molar-refractivity contribution in [1.82, 2.24) is 15.2 Å². The Morgan fingerprint density at radius 2 is 1.97 bits per heavy atom. The molecule has 8 heteroatoms. The summed E-state index contributed by atoms with van der Waals surface area (Å²) in [6, 6.07) is 3.87. The summed E-state index contributed by atoms with van der Waals surface area (Å²) in [5.41, 5.74) is 0. The summed E-state index contributed by atoms with van der Waals surface area (Å²) in [7, 11) is 3.40. The summed E-state index contributed by atoms with van der Waals surface area (Å²) in [4.78, 5) is 32.5. The van der Waals surface area contributed by atoms with Crippen LogP contribution in [0.25, 0.3) is 10.1 Å². The maximum absolute atomic E-state index is 13.2. The fourth-order valence-corrected chi connectivity index (χ4v) is 6.42. The lowest BCUT2D eigenvalue weighted by molar-refractivity contribution is -0.152. The standard InChI is InChI=1S/C26H37N3O4S/c1-32-21-8-5-7-20(24(21)33-2)26(31)29-14-10-18(11-15-29)6-3-4-12-28-25(30)22-16-19-9-13-27-17-23(19)34-22/h9,13,16-18,20-21,24H,3-8,10-12,14-15H2,1-2H3,(H,28,30). The van der Waals surface area contributed by atoms with Gasteiger partial charge in [-0.3, -0.25) is 14.6 Å². The molecule has 0 bridgehead atoms. The molecular formula is C26H37N3O4S. The van der Waals surface area contributed by atoms with E-state index >= 15 is 0 Å². The molecule has 4 rings (SSSR count). The van der Waals surface area contributed by atoms with Crippen LogP contribution in [0.3, 0.4) is 0 Å². The highest BCUT2D eigenvalue weighted by atomic mass is 32.1. The van der Waals surface area contributed by atoms with Crippen LogP contribution in [0.2, 0.25) is 0 Å². The Kier molecular flexibility index (Phi) is 8.92. The molecule has 186 valence electrons. The highest BCUT2D eigenvalue weighted by Crippen LogP contribution is 2.32. The van der Waals surface area contributed by atoms with Gasteiger partial charge in [0.2, 0.25) is 5.91 Å². The zero-order valence-corrected chi connectivity index (χ0v) is 21.1. The number of fused-ring (bicyclic) bond motifs is 1. The van der Waals surface area contributed by atoms with Crippen molar-refractivity contribution >= 4 is 33.2 Å². The van der Waals surface area contributed by atoms with Gasteiger partial charge in [0.1, 0.15) is 0 Å². The number of nitrogens with one attached hydrogen (secondary N) is 1. The van der Waals surface area contributed by atoms with Gasteiger partial charge in [0.15, 0.2) is 0 Å². The molecule has 3 heterocycles. The maximum Gasteiger partial charge on any atom is 0.261 e. The number of rotatable bonds is 9. The van der Waals surface area contributed by atoms with Gasteiger partial charge in [0, 0.05) is 46.2 Å². The summed E-state index contributed by atoms with van der Waals surface area (Å²) in [6.07, 6.45) is 11.7. The van der Waals surface area contributed by atoms with Crippen molar-refractivity contribution < 1.29 is 19.1 Å². The van der Waals surface area contributed by atoms with E-state index in [-0.39, 0.29) is 29.9 Å². The van der Waals surface area contributed by atoms with E-state index < -0.39 is 0 Å². The first-order valence-electron chi connectivity index (χ1n) is 12.6. The monoisotopic (exact) mass is 487 g/mol. The lowest BCUT2D eigenvalue weighted by atomic mass is 9.82. The van der Waals surface area contributed by atoms with E-state index in [1.54, 1.807) is 26.6 Å². The molecule has 3 unspecified atom stereocenters. The lowest BCUT2D eigenvalue weighted by Crippen LogP contribution is -2.50. The van der Waals surface area contributed by atoms with E-state index in [1.807, 2.05) is 17.0 Å². The van der Waals surface area contributed by atoms with Crippen LogP contribution in [0.4, 0.5) is 0 Å². The number of unbranched alkanes of at least 4 members (excludes halogenated alkanes) is 1. The SMILES string of the molecule is COC1CCCC(C(=O)N2CCC(CCCCNC(=O)c3cc4ccncc4s3)CC2)C1OC. The number of piperidine rings is 1. The number of likely N-dealkylation sites (tertiary alicyclic amines) is 1. The van der Waals surface area contributed by atoms with Crippen molar-refractivity contribution in [2.75, 3.05) is 33.9 Å². The molecule has 1 aliphatic carbocycles. The van der Waals surface area contributed by atoms with E-state index in [0.29, 0.717) is 12.5 Å². The van der Waals surface area contributed by atoms with Gasteiger partial charge in [0.25, 0.3) is 5.91 Å². The number of hydrogen-bond donors (Lipinski definition) is 1. The highest BCUT2D eigenvalue weighted by molar-refractivity contribution is 7.20. The number of aromatic nitrogens is 1.